The van der Waals surface area contributed by atoms with Crippen LogP contribution in [0.15, 0.2) is 18.3 Å². The Balaban J connectivity index is 2.60. The van der Waals surface area contributed by atoms with Crippen molar-refractivity contribution in [2.45, 2.75) is 26.2 Å². The molecule has 1 rings (SSSR count). The molecular weight excluding hydrogens is 226 g/mol. The SMILES string of the molecule is CN(C)CCNC(=O)c1ccc(C(C)(C)C)nc1. The van der Waals surface area contributed by atoms with E-state index in [-0.39, 0.29) is 11.3 Å². The highest BCUT2D eigenvalue weighted by molar-refractivity contribution is 5.93. The van der Waals surface area contributed by atoms with Gasteiger partial charge >= 0.3 is 0 Å². The molecule has 0 radical (unpaired) electrons. The summed E-state index contributed by atoms with van der Waals surface area (Å²) in [4.78, 5) is 18.2. The molecule has 0 saturated heterocycles. The summed E-state index contributed by atoms with van der Waals surface area (Å²) in [5.74, 6) is -0.0650. The highest BCUT2D eigenvalue weighted by Crippen LogP contribution is 2.19. The third-order valence-electron chi connectivity index (χ3n) is 2.64. The van der Waals surface area contributed by atoms with Crippen LogP contribution in [0.3, 0.4) is 0 Å². The standard InChI is InChI=1S/C14H23N3O/c1-14(2,3)12-7-6-11(10-16-12)13(18)15-8-9-17(4)5/h6-7,10H,8-9H2,1-5H3,(H,15,18). The molecule has 1 N–H and O–H groups in total. The van der Waals surface area contributed by atoms with Gasteiger partial charge in [0.2, 0.25) is 0 Å². The number of likely N-dealkylation sites (N-methyl/N-ethyl adjacent to an activating group) is 1. The Morgan fingerprint density at radius 1 is 1.33 bits per heavy atom. The maximum atomic E-state index is 11.8. The van der Waals surface area contributed by atoms with Crippen molar-refractivity contribution in [1.29, 1.82) is 0 Å². The van der Waals surface area contributed by atoms with Gasteiger partial charge in [-0.15, -0.1) is 0 Å². The Kier molecular flexibility index (Phi) is 4.84. The molecule has 100 valence electrons. The molecule has 1 aromatic heterocycles. The Hall–Kier alpha value is -1.42. The number of rotatable bonds is 4. The van der Waals surface area contributed by atoms with Crippen LogP contribution in [0.4, 0.5) is 0 Å². The normalized spacial score (nSPS) is 11.7. The smallest absolute Gasteiger partial charge is 0.252 e. The molecule has 0 spiro atoms. The Morgan fingerprint density at radius 3 is 2.44 bits per heavy atom. The summed E-state index contributed by atoms with van der Waals surface area (Å²) in [6.45, 7) is 7.79. The lowest BCUT2D eigenvalue weighted by atomic mass is 9.91. The molecular formula is C14H23N3O. The fraction of sp³-hybridized carbons (Fsp3) is 0.571. The molecule has 0 unspecified atom stereocenters. The third kappa shape index (κ3) is 4.45. The second kappa shape index (κ2) is 5.96. The fourth-order valence-corrected chi connectivity index (χ4v) is 1.47. The van der Waals surface area contributed by atoms with E-state index in [2.05, 4.69) is 31.1 Å². The van der Waals surface area contributed by atoms with Gasteiger partial charge in [0.1, 0.15) is 0 Å². The fourth-order valence-electron chi connectivity index (χ4n) is 1.47. The summed E-state index contributed by atoms with van der Waals surface area (Å²) < 4.78 is 0. The average Bonchev–Trinajstić information content (AvgIpc) is 2.27. The van der Waals surface area contributed by atoms with Gasteiger partial charge in [-0.05, 0) is 26.2 Å². The van der Waals surface area contributed by atoms with Crippen LogP contribution in [-0.4, -0.2) is 43.0 Å². The number of hydrogen-bond acceptors (Lipinski definition) is 3. The van der Waals surface area contributed by atoms with Crippen LogP contribution in [0.2, 0.25) is 0 Å². The zero-order valence-corrected chi connectivity index (χ0v) is 11.9. The molecule has 0 fully saturated rings. The van der Waals surface area contributed by atoms with Gasteiger partial charge < -0.3 is 10.2 Å². The quantitative estimate of drug-likeness (QED) is 0.883. The van der Waals surface area contributed by atoms with Crippen LogP contribution < -0.4 is 5.32 Å². The summed E-state index contributed by atoms with van der Waals surface area (Å²) >= 11 is 0. The van der Waals surface area contributed by atoms with Crippen molar-refractivity contribution in [2.75, 3.05) is 27.2 Å². The number of nitrogens with one attached hydrogen (secondary N) is 1. The first-order chi connectivity index (χ1) is 8.30. The van der Waals surface area contributed by atoms with Crippen LogP contribution in [0.25, 0.3) is 0 Å². The van der Waals surface area contributed by atoms with Crippen LogP contribution >= 0.6 is 0 Å². The summed E-state index contributed by atoms with van der Waals surface area (Å²) in [6, 6.07) is 3.75. The van der Waals surface area contributed by atoms with Gasteiger partial charge in [-0.2, -0.15) is 0 Å². The molecule has 1 aromatic rings. The number of nitrogens with zero attached hydrogens (tertiary/aromatic N) is 2. The van der Waals surface area contributed by atoms with Crippen molar-refractivity contribution in [3.05, 3.63) is 29.6 Å². The highest BCUT2D eigenvalue weighted by atomic mass is 16.1. The van der Waals surface area contributed by atoms with Crippen molar-refractivity contribution >= 4 is 5.91 Å². The summed E-state index contributed by atoms with van der Waals surface area (Å²) in [5.41, 5.74) is 1.62. The van der Waals surface area contributed by atoms with Crippen LogP contribution in [0, 0.1) is 0 Å². The maximum absolute atomic E-state index is 11.8. The highest BCUT2D eigenvalue weighted by Gasteiger charge is 2.15. The largest absolute Gasteiger partial charge is 0.351 e. The van der Waals surface area contributed by atoms with E-state index in [1.165, 1.54) is 0 Å². The predicted octanol–water partition coefficient (Wildman–Crippen LogP) is 1.67. The van der Waals surface area contributed by atoms with Crippen LogP contribution in [-0.2, 0) is 5.41 Å². The van der Waals surface area contributed by atoms with Gasteiger partial charge in [0, 0.05) is 30.4 Å². The Labute approximate surface area is 109 Å². The minimum atomic E-state index is -0.0650. The first-order valence-corrected chi connectivity index (χ1v) is 6.20. The second-order valence-electron chi connectivity index (χ2n) is 5.74. The minimum absolute atomic E-state index is 0.0138. The van der Waals surface area contributed by atoms with Gasteiger partial charge in [0.05, 0.1) is 5.56 Å². The van der Waals surface area contributed by atoms with Crippen molar-refractivity contribution in [3.63, 3.8) is 0 Å². The van der Waals surface area contributed by atoms with E-state index in [0.717, 1.165) is 12.2 Å². The molecule has 0 bridgehead atoms. The molecule has 0 aliphatic carbocycles. The van der Waals surface area contributed by atoms with Crippen molar-refractivity contribution < 1.29 is 4.79 Å². The van der Waals surface area contributed by atoms with Crippen molar-refractivity contribution in [1.82, 2.24) is 15.2 Å². The van der Waals surface area contributed by atoms with Gasteiger partial charge in [-0.25, -0.2) is 0 Å². The Morgan fingerprint density at radius 2 is 2.00 bits per heavy atom. The van der Waals surface area contributed by atoms with Gasteiger partial charge in [-0.1, -0.05) is 20.8 Å². The molecule has 0 aromatic carbocycles. The van der Waals surface area contributed by atoms with Crippen molar-refractivity contribution in [2.24, 2.45) is 0 Å². The number of amides is 1. The Bertz CT molecular complexity index is 390. The third-order valence-corrected chi connectivity index (χ3v) is 2.64. The average molecular weight is 249 g/mol. The van der Waals surface area contributed by atoms with Gasteiger partial charge in [0.15, 0.2) is 0 Å². The molecule has 1 heterocycles. The number of carbonyl (C=O) groups is 1. The lowest BCUT2D eigenvalue weighted by Crippen LogP contribution is -2.31. The first-order valence-electron chi connectivity index (χ1n) is 6.20. The monoisotopic (exact) mass is 249 g/mol. The van der Waals surface area contributed by atoms with E-state index in [4.69, 9.17) is 0 Å². The molecule has 18 heavy (non-hydrogen) atoms. The summed E-state index contributed by atoms with van der Waals surface area (Å²) in [7, 11) is 3.96. The van der Waals surface area contributed by atoms with Gasteiger partial charge in [-0.3, -0.25) is 9.78 Å². The van der Waals surface area contributed by atoms with E-state index >= 15 is 0 Å². The summed E-state index contributed by atoms with van der Waals surface area (Å²) in [5, 5.41) is 2.87. The van der Waals surface area contributed by atoms with Crippen LogP contribution in [0.1, 0.15) is 36.8 Å². The maximum Gasteiger partial charge on any atom is 0.252 e. The zero-order chi connectivity index (χ0) is 13.8. The lowest BCUT2D eigenvalue weighted by Gasteiger charge is -2.17. The zero-order valence-electron chi connectivity index (χ0n) is 11.9. The number of aromatic nitrogens is 1. The minimum Gasteiger partial charge on any atom is -0.351 e. The number of hydrogen-bond donors (Lipinski definition) is 1. The van der Waals surface area contributed by atoms with Crippen molar-refractivity contribution in [3.8, 4) is 0 Å². The molecule has 1 amide bonds. The topological polar surface area (TPSA) is 45.2 Å². The lowest BCUT2D eigenvalue weighted by molar-refractivity contribution is 0.0950. The van der Waals surface area contributed by atoms with Gasteiger partial charge in [0.25, 0.3) is 5.91 Å². The summed E-state index contributed by atoms with van der Waals surface area (Å²) in [6.07, 6.45) is 1.64. The molecule has 0 aliphatic heterocycles. The van der Waals surface area contributed by atoms with E-state index in [0.29, 0.717) is 12.1 Å². The first kappa shape index (κ1) is 14.6. The molecule has 4 heteroatoms. The molecule has 0 saturated carbocycles. The van der Waals surface area contributed by atoms with E-state index < -0.39 is 0 Å². The number of pyridine rings is 1. The molecule has 4 nitrogen and oxygen atoms in total. The van der Waals surface area contributed by atoms with E-state index in [9.17, 15) is 4.79 Å². The van der Waals surface area contributed by atoms with Crippen LogP contribution in [0.5, 0.6) is 0 Å². The predicted molar refractivity (Wildman–Crippen MR) is 73.8 cm³/mol. The second-order valence-corrected chi connectivity index (χ2v) is 5.74. The number of carbonyl (C=O) groups excluding carboxylic acids is 1. The molecule has 0 atom stereocenters. The van der Waals surface area contributed by atoms with E-state index in [1.54, 1.807) is 6.20 Å². The van der Waals surface area contributed by atoms with E-state index in [1.807, 2.05) is 31.1 Å². The molecule has 0 aliphatic rings.